The number of rotatable bonds is 4. The molecule has 0 aliphatic heterocycles. The molecule has 0 fully saturated rings. The van der Waals surface area contributed by atoms with E-state index in [2.05, 4.69) is 54.2 Å². The van der Waals surface area contributed by atoms with Gasteiger partial charge in [0.1, 0.15) is 11.5 Å². The normalized spacial score (nSPS) is 11.5. The van der Waals surface area contributed by atoms with Crippen molar-refractivity contribution in [3.8, 4) is 11.5 Å². The van der Waals surface area contributed by atoms with Crippen LogP contribution in [0.15, 0.2) is 46.9 Å². The van der Waals surface area contributed by atoms with Gasteiger partial charge in [-0.15, -0.1) is 0 Å². The number of hydrogen-bond acceptors (Lipinski definition) is 2. The van der Waals surface area contributed by atoms with Gasteiger partial charge < -0.3 is 10.1 Å². The van der Waals surface area contributed by atoms with Crippen LogP contribution in [0.4, 0.5) is 0 Å². The zero-order valence-corrected chi connectivity index (χ0v) is 14.6. The standard InChI is InChI=1S/C18H22BrNO/c1-13-7-5-6-8-16(13)21-17-10-9-14(11-15(17)19)12-20-18(2,3)4/h5-11,20H,12H2,1-4H3. The van der Waals surface area contributed by atoms with Crippen LogP contribution in [0, 0.1) is 6.92 Å². The van der Waals surface area contributed by atoms with Crippen molar-refractivity contribution in [2.24, 2.45) is 0 Å². The molecule has 0 saturated heterocycles. The van der Waals surface area contributed by atoms with E-state index in [0.29, 0.717) is 0 Å². The highest BCUT2D eigenvalue weighted by Gasteiger charge is 2.10. The molecular formula is C18H22BrNO. The molecule has 0 spiro atoms. The van der Waals surface area contributed by atoms with Crippen LogP contribution in [0.25, 0.3) is 0 Å². The van der Waals surface area contributed by atoms with Gasteiger partial charge in [0.2, 0.25) is 0 Å². The number of para-hydroxylation sites is 1. The number of hydrogen-bond donors (Lipinski definition) is 1. The number of nitrogens with one attached hydrogen (secondary N) is 1. The summed E-state index contributed by atoms with van der Waals surface area (Å²) in [5, 5.41) is 3.48. The average molecular weight is 348 g/mol. The number of ether oxygens (including phenoxy) is 1. The first-order chi connectivity index (χ1) is 9.85. The molecule has 0 amide bonds. The minimum Gasteiger partial charge on any atom is -0.456 e. The van der Waals surface area contributed by atoms with Gasteiger partial charge in [0.25, 0.3) is 0 Å². The van der Waals surface area contributed by atoms with Gasteiger partial charge in [-0.1, -0.05) is 24.3 Å². The Kier molecular flexibility index (Phi) is 5.07. The Labute approximate surface area is 135 Å². The summed E-state index contributed by atoms with van der Waals surface area (Å²) in [6.07, 6.45) is 0. The lowest BCUT2D eigenvalue weighted by molar-refractivity contribution is 0.424. The maximum absolute atomic E-state index is 5.97. The third-order valence-electron chi connectivity index (χ3n) is 3.13. The Hall–Kier alpha value is -1.32. The van der Waals surface area contributed by atoms with Crippen molar-refractivity contribution in [2.75, 3.05) is 0 Å². The molecular weight excluding hydrogens is 326 g/mol. The van der Waals surface area contributed by atoms with E-state index < -0.39 is 0 Å². The highest BCUT2D eigenvalue weighted by molar-refractivity contribution is 9.10. The molecule has 2 nitrogen and oxygen atoms in total. The summed E-state index contributed by atoms with van der Waals surface area (Å²) in [7, 11) is 0. The number of aryl methyl sites for hydroxylation is 1. The minimum atomic E-state index is 0.114. The largest absolute Gasteiger partial charge is 0.456 e. The van der Waals surface area contributed by atoms with Gasteiger partial charge in [-0.3, -0.25) is 0 Å². The predicted octanol–water partition coefficient (Wildman–Crippen LogP) is 5.44. The quantitative estimate of drug-likeness (QED) is 0.795. The molecule has 0 unspecified atom stereocenters. The summed E-state index contributed by atoms with van der Waals surface area (Å²) in [6, 6.07) is 14.2. The minimum absolute atomic E-state index is 0.114. The van der Waals surface area contributed by atoms with Crippen LogP contribution < -0.4 is 10.1 Å². The van der Waals surface area contributed by atoms with Gasteiger partial charge in [-0.25, -0.2) is 0 Å². The molecule has 0 heterocycles. The van der Waals surface area contributed by atoms with Gasteiger partial charge in [0.15, 0.2) is 0 Å². The number of benzene rings is 2. The first-order valence-electron chi connectivity index (χ1n) is 7.12. The second-order valence-corrected chi connectivity index (χ2v) is 7.09. The van der Waals surface area contributed by atoms with Gasteiger partial charge in [-0.05, 0) is 73.0 Å². The maximum Gasteiger partial charge on any atom is 0.141 e. The highest BCUT2D eigenvalue weighted by atomic mass is 79.9. The zero-order chi connectivity index (χ0) is 15.5. The Morgan fingerprint density at radius 1 is 1.05 bits per heavy atom. The van der Waals surface area contributed by atoms with E-state index in [4.69, 9.17) is 4.74 Å². The number of halogens is 1. The molecule has 2 aromatic rings. The van der Waals surface area contributed by atoms with Crippen LogP contribution in [0.2, 0.25) is 0 Å². The lowest BCUT2D eigenvalue weighted by atomic mass is 10.1. The van der Waals surface area contributed by atoms with E-state index in [1.54, 1.807) is 0 Å². The molecule has 0 atom stereocenters. The van der Waals surface area contributed by atoms with E-state index in [-0.39, 0.29) is 5.54 Å². The van der Waals surface area contributed by atoms with Crippen molar-refractivity contribution in [1.82, 2.24) is 5.32 Å². The van der Waals surface area contributed by atoms with Crippen LogP contribution in [-0.2, 0) is 6.54 Å². The molecule has 0 radical (unpaired) electrons. The molecule has 0 saturated carbocycles. The van der Waals surface area contributed by atoms with Gasteiger partial charge in [-0.2, -0.15) is 0 Å². The van der Waals surface area contributed by atoms with Gasteiger partial charge in [0.05, 0.1) is 4.47 Å². The Bertz CT molecular complexity index is 617. The molecule has 3 heteroatoms. The van der Waals surface area contributed by atoms with E-state index in [0.717, 1.165) is 28.1 Å². The predicted molar refractivity (Wildman–Crippen MR) is 92.0 cm³/mol. The Morgan fingerprint density at radius 2 is 1.76 bits per heavy atom. The first-order valence-corrected chi connectivity index (χ1v) is 7.91. The SMILES string of the molecule is Cc1ccccc1Oc1ccc(CNC(C)(C)C)cc1Br. The fraction of sp³-hybridized carbons (Fsp3) is 0.333. The third kappa shape index (κ3) is 4.87. The summed E-state index contributed by atoms with van der Waals surface area (Å²) in [5.41, 5.74) is 2.47. The smallest absolute Gasteiger partial charge is 0.141 e. The topological polar surface area (TPSA) is 21.3 Å². The maximum atomic E-state index is 5.97. The molecule has 0 aliphatic carbocycles. The van der Waals surface area contributed by atoms with Crippen LogP contribution >= 0.6 is 15.9 Å². The fourth-order valence-corrected chi connectivity index (χ4v) is 2.40. The summed E-state index contributed by atoms with van der Waals surface area (Å²) in [5.74, 6) is 1.72. The molecule has 21 heavy (non-hydrogen) atoms. The third-order valence-corrected chi connectivity index (χ3v) is 3.75. The first kappa shape index (κ1) is 16.1. The zero-order valence-electron chi connectivity index (χ0n) is 13.0. The van der Waals surface area contributed by atoms with Crippen LogP contribution in [-0.4, -0.2) is 5.54 Å². The molecule has 0 bridgehead atoms. The summed E-state index contributed by atoms with van der Waals surface area (Å²) in [4.78, 5) is 0. The molecule has 112 valence electrons. The Balaban J connectivity index is 2.11. The molecule has 0 aliphatic rings. The van der Waals surface area contributed by atoms with Crippen molar-refractivity contribution < 1.29 is 4.74 Å². The van der Waals surface area contributed by atoms with E-state index >= 15 is 0 Å². The van der Waals surface area contributed by atoms with Crippen LogP contribution in [0.1, 0.15) is 31.9 Å². The summed E-state index contributed by atoms with van der Waals surface area (Å²) < 4.78 is 6.94. The lowest BCUT2D eigenvalue weighted by Gasteiger charge is -2.20. The van der Waals surface area contributed by atoms with Crippen LogP contribution in [0.5, 0.6) is 11.5 Å². The fourth-order valence-electron chi connectivity index (χ4n) is 1.89. The van der Waals surface area contributed by atoms with E-state index in [9.17, 15) is 0 Å². The molecule has 2 rings (SSSR count). The summed E-state index contributed by atoms with van der Waals surface area (Å²) in [6.45, 7) is 9.38. The van der Waals surface area contributed by atoms with Crippen LogP contribution in [0.3, 0.4) is 0 Å². The van der Waals surface area contributed by atoms with Crippen molar-refractivity contribution in [2.45, 2.75) is 39.8 Å². The van der Waals surface area contributed by atoms with E-state index in [1.807, 2.05) is 37.3 Å². The molecule has 0 aromatic heterocycles. The second kappa shape index (κ2) is 6.63. The molecule has 1 N–H and O–H groups in total. The lowest BCUT2D eigenvalue weighted by Crippen LogP contribution is -2.35. The second-order valence-electron chi connectivity index (χ2n) is 6.24. The monoisotopic (exact) mass is 347 g/mol. The van der Waals surface area contributed by atoms with E-state index in [1.165, 1.54) is 5.56 Å². The van der Waals surface area contributed by atoms with Gasteiger partial charge >= 0.3 is 0 Å². The molecule has 2 aromatic carbocycles. The van der Waals surface area contributed by atoms with Crippen molar-refractivity contribution >= 4 is 15.9 Å². The Morgan fingerprint density at radius 3 is 2.38 bits per heavy atom. The van der Waals surface area contributed by atoms with Crippen molar-refractivity contribution in [3.05, 3.63) is 58.1 Å². The van der Waals surface area contributed by atoms with Crippen molar-refractivity contribution in [3.63, 3.8) is 0 Å². The van der Waals surface area contributed by atoms with Gasteiger partial charge in [0, 0.05) is 12.1 Å². The summed E-state index contributed by atoms with van der Waals surface area (Å²) >= 11 is 3.60. The average Bonchev–Trinajstić information content (AvgIpc) is 2.41. The van der Waals surface area contributed by atoms with Crippen molar-refractivity contribution in [1.29, 1.82) is 0 Å². The highest BCUT2D eigenvalue weighted by Crippen LogP contribution is 2.32.